The minimum Gasteiger partial charge on any atom is -0.489 e. The molecule has 112 valence electrons. The van der Waals surface area contributed by atoms with E-state index in [-0.39, 0.29) is 6.10 Å². The van der Waals surface area contributed by atoms with E-state index in [0.29, 0.717) is 12.6 Å². The van der Waals surface area contributed by atoms with Crippen LogP contribution in [-0.2, 0) is 11.3 Å². The highest BCUT2D eigenvalue weighted by Gasteiger charge is 2.22. The van der Waals surface area contributed by atoms with Crippen molar-refractivity contribution in [1.82, 2.24) is 15.2 Å². The first-order valence-electron chi connectivity index (χ1n) is 7.27. The highest BCUT2D eigenvalue weighted by atomic mass is 16.5. The van der Waals surface area contributed by atoms with Gasteiger partial charge in [-0.2, -0.15) is 0 Å². The van der Waals surface area contributed by atoms with Crippen molar-refractivity contribution in [1.29, 1.82) is 0 Å². The molecule has 1 saturated heterocycles. The Balaban J connectivity index is 1.79. The standard InChI is InChI=1S/C15H25N3O2/c1-12(2)18-6-7-19-15(10-18)11-20-14-5-4-13(8-16-3)17-9-14/h4-5,9,12,15-16H,6-8,10-11H2,1-3H3. The van der Waals surface area contributed by atoms with Crippen molar-refractivity contribution in [2.45, 2.75) is 32.5 Å². The molecule has 0 aromatic carbocycles. The second-order valence-corrected chi connectivity index (χ2v) is 5.41. The number of nitrogens with one attached hydrogen (secondary N) is 1. The number of aromatic nitrogens is 1. The van der Waals surface area contributed by atoms with Gasteiger partial charge in [-0.25, -0.2) is 0 Å². The number of nitrogens with zero attached hydrogens (tertiary/aromatic N) is 2. The summed E-state index contributed by atoms with van der Waals surface area (Å²) >= 11 is 0. The highest BCUT2D eigenvalue weighted by Crippen LogP contribution is 2.13. The lowest BCUT2D eigenvalue weighted by atomic mass is 10.2. The average molecular weight is 279 g/mol. The molecule has 20 heavy (non-hydrogen) atoms. The summed E-state index contributed by atoms with van der Waals surface area (Å²) in [6.45, 7) is 8.51. The lowest BCUT2D eigenvalue weighted by molar-refractivity contribution is -0.0564. The number of morpholine rings is 1. The molecule has 2 heterocycles. The van der Waals surface area contributed by atoms with E-state index >= 15 is 0 Å². The van der Waals surface area contributed by atoms with Crippen molar-refractivity contribution < 1.29 is 9.47 Å². The fraction of sp³-hybridized carbons (Fsp3) is 0.667. The molecule has 0 saturated carbocycles. The van der Waals surface area contributed by atoms with Crippen molar-refractivity contribution in [3.63, 3.8) is 0 Å². The molecule has 1 aliphatic heterocycles. The Hall–Kier alpha value is -1.17. The Kier molecular flexibility index (Phi) is 5.76. The van der Waals surface area contributed by atoms with Gasteiger partial charge in [-0.3, -0.25) is 9.88 Å². The monoisotopic (exact) mass is 279 g/mol. The Morgan fingerprint density at radius 1 is 1.50 bits per heavy atom. The third kappa shape index (κ3) is 4.44. The molecule has 0 amide bonds. The topological polar surface area (TPSA) is 46.6 Å². The van der Waals surface area contributed by atoms with Crippen LogP contribution in [0, 0.1) is 0 Å². The molecular formula is C15H25N3O2. The van der Waals surface area contributed by atoms with Gasteiger partial charge in [-0.1, -0.05) is 0 Å². The van der Waals surface area contributed by atoms with Gasteiger partial charge >= 0.3 is 0 Å². The first kappa shape index (κ1) is 15.2. The molecule has 2 rings (SSSR count). The maximum absolute atomic E-state index is 5.77. The van der Waals surface area contributed by atoms with Crippen LogP contribution in [0.15, 0.2) is 18.3 Å². The van der Waals surface area contributed by atoms with Crippen LogP contribution in [0.25, 0.3) is 0 Å². The Bertz CT molecular complexity index is 395. The Labute approximate surface area is 121 Å². The molecule has 1 aromatic heterocycles. The van der Waals surface area contributed by atoms with Gasteiger partial charge < -0.3 is 14.8 Å². The van der Waals surface area contributed by atoms with Crippen molar-refractivity contribution in [2.24, 2.45) is 0 Å². The molecule has 0 bridgehead atoms. The lowest BCUT2D eigenvalue weighted by Gasteiger charge is -2.35. The van der Waals surface area contributed by atoms with E-state index in [2.05, 4.69) is 29.0 Å². The summed E-state index contributed by atoms with van der Waals surface area (Å²) < 4.78 is 11.5. The lowest BCUT2D eigenvalue weighted by Crippen LogP contribution is -2.47. The minimum absolute atomic E-state index is 0.142. The van der Waals surface area contributed by atoms with Gasteiger partial charge in [0, 0.05) is 25.7 Å². The van der Waals surface area contributed by atoms with E-state index in [9.17, 15) is 0 Å². The van der Waals surface area contributed by atoms with Crippen LogP contribution in [0.3, 0.4) is 0 Å². The summed E-state index contributed by atoms with van der Waals surface area (Å²) in [5.41, 5.74) is 1.01. The highest BCUT2D eigenvalue weighted by molar-refractivity contribution is 5.19. The van der Waals surface area contributed by atoms with Crippen LogP contribution in [0.1, 0.15) is 19.5 Å². The normalized spacial score (nSPS) is 20.3. The SMILES string of the molecule is CNCc1ccc(OCC2CN(C(C)C)CCO2)cn1. The van der Waals surface area contributed by atoms with E-state index in [1.807, 2.05) is 19.2 Å². The number of hydrogen-bond donors (Lipinski definition) is 1. The van der Waals surface area contributed by atoms with E-state index in [4.69, 9.17) is 9.47 Å². The largest absolute Gasteiger partial charge is 0.489 e. The van der Waals surface area contributed by atoms with Gasteiger partial charge in [0.25, 0.3) is 0 Å². The zero-order valence-corrected chi connectivity index (χ0v) is 12.6. The molecule has 1 aliphatic rings. The number of pyridine rings is 1. The number of ether oxygens (including phenoxy) is 2. The fourth-order valence-electron chi connectivity index (χ4n) is 2.28. The fourth-order valence-corrected chi connectivity index (χ4v) is 2.28. The van der Waals surface area contributed by atoms with Crippen molar-refractivity contribution in [3.8, 4) is 5.75 Å². The predicted molar refractivity (Wildman–Crippen MR) is 78.9 cm³/mol. The van der Waals surface area contributed by atoms with Crippen molar-refractivity contribution >= 4 is 0 Å². The van der Waals surface area contributed by atoms with Gasteiger partial charge in [0.15, 0.2) is 0 Å². The van der Waals surface area contributed by atoms with Gasteiger partial charge in [0.05, 0.1) is 18.5 Å². The summed E-state index contributed by atoms with van der Waals surface area (Å²) in [5, 5.41) is 3.07. The second-order valence-electron chi connectivity index (χ2n) is 5.41. The van der Waals surface area contributed by atoms with Gasteiger partial charge in [-0.15, -0.1) is 0 Å². The number of rotatable bonds is 6. The van der Waals surface area contributed by atoms with Crippen LogP contribution in [0.5, 0.6) is 5.75 Å². The van der Waals surface area contributed by atoms with Crippen LogP contribution in [-0.4, -0.2) is 55.4 Å². The molecule has 1 N–H and O–H groups in total. The average Bonchev–Trinajstić information content (AvgIpc) is 2.47. The van der Waals surface area contributed by atoms with Crippen molar-refractivity contribution in [2.75, 3.05) is 33.4 Å². The van der Waals surface area contributed by atoms with Gasteiger partial charge in [0.1, 0.15) is 18.5 Å². The molecular weight excluding hydrogens is 254 g/mol. The van der Waals surface area contributed by atoms with E-state index < -0.39 is 0 Å². The molecule has 1 aromatic rings. The van der Waals surface area contributed by atoms with Crippen LogP contribution in [0.2, 0.25) is 0 Å². The van der Waals surface area contributed by atoms with Crippen molar-refractivity contribution in [3.05, 3.63) is 24.0 Å². The van der Waals surface area contributed by atoms with E-state index in [1.54, 1.807) is 6.20 Å². The molecule has 5 heteroatoms. The van der Waals surface area contributed by atoms with Gasteiger partial charge in [-0.05, 0) is 33.0 Å². The summed E-state index contributed by atoms with van der Waals surface area (Å²) in [6, 6.07) is 4.50. The van der Waals surface area contributed by atoms with E-state index in [1.165, 1.54) is 0 Å². The van der Waals surface area contributed by atoms with Crippen LogP contribution in [0.4, 0.5) is 0 Å². The summed E-state index contributed by atoms with van der Waals surface area (Å²) in [5.74, 6) is 0.801. The first-order chi connectivity index (χ1) is 9.69. The smallest absolute Gasteiger partial charge is 0.137 e. The summed E-state index contributed by atoms with van der Waals surface area (Å²) in [4.78, 5) is 6.76. The zero-order valence-electron chi connectivity index (χ0n) is 12.6. The molecule has 0 radical (unpaired) electrons. The van der Waals surface area contributed by atoms with E-state index in [0.717, 1.165) is 37.7 Å². The molecule has 1 unspecified atom stereocenters. The zero-order chi connectivity index (χ0) is 14.4. The second kappa shape index (κ2) is 7.57. The molecule has 1 fully saturated rings. The number of hydrogen-bond acceptors (Lipinski definition) is 5. The van der Waals surface area contributed by atoms with Crippen LogP contribution >= 0.6 is 0 Å². The maximum Gasteiger partial charge on any atom is 0.137 e. The molecule has 1 atom stereocenters. The molecule has 5 nitrogen and oxygen atoms in total. The first-order valence-corrected chi connectivity index (χ1v) is 7.27. The predicted octanol–water partition coefficient (Wildman–Crippen LogP) is 1.29. The van der Waals surface area contributed by atoms with Gasteiger partial charge in [0.2, 0.25) is 0 Å². The molecule has 0 aliphatic carbocycles. The third-order valence-electron chi connectivity index (χ3n) is 3.49. The Morgan fingerprint density at radius 3 is 3.00 bits per heavy atom. The maximum atomic E-state index is 5.77. The summed E-state index contributed by atoms with van der Waals surface area (Å²) in [7, 11) is 1.91. The Morgan fingerprint density at radius 2 is 2.35 bits per heavy atom. The van der Waals surface area contributed by atoms with Crippen LogP contribution < -0.4 is 10.1 Å². The summed E-state index contributed by atoms with van der Waals surface area (Å²) in [6.07, 6.45) is 1.92. The molecule has 0 spiro atoms. The minimum atomic E-state index is 0.142. The quantitative estimate of drug-likeness (QED) is 0.850. The third-order valence-corrected chi connectivity index (χ3v) is 3.49.